The summed E-state index contributed by atoms with van der Waals surface area (Å²) >= 11 is 0. The molecule has 17 heavy (non-hydrogen) atoms. The third-order valence-electron chi connectivity index (χ3n) is 3.82. The van der Waals surface area contributed by atoms with Gasteiger partial charge in [0.25, 0.3) is 6.01 Å². The minimum absolute atomic E-state index is 0.451. The van der Waals surface area contributed by atoms with Gasteiger partial charge in [-0.05, 0) is 25.8 Å². The van der Waals surface area contributed by atoms with Gasteiger partial charge in [-0.15, -0.1) is 0 Å². The van der Waals surface area contributed by atoms with E-state index < -0.39 is 0 Å². The van der Waals surface area contributed by atoms with E-state index >= 15 is 0 Å². The topological polar surface area (TPSA) is 58.5 Å². The van der Waals surface area contributed by atoms with Crippen LogP contribution in [0.1, 0.15) is 25.0 Å². The second-order valence-corrected chi connectivity index (χ2v) is 4.96. The van der Waals surface area contributed by atoms with E-state index in [0.29, 0.717) is 12.6 Å². The number of nitrogens with two attached hydrogens (primary N) is 1. The molecule has 2 N–H and O–H groups in total. The smallest absolute Gasteiger partial charge is 0.297 e. The first kappa shape index (κ1) is 11.0. The summed E-state index contributed by atoms with van der Waals surface area (Å²) in [5, 5.41) is 0. The van der Waals surface area contributed by atoms with Gasteiger partial charge in [-0.1, -0.05) is 0 Å². The lowest BCUT2D eigenvalue weighted by molar-refractivity contribution is 0.272. The largest absolute Gasteiger partial charge is 0.432 e. The van der Waals surface area contributed by atoms with E-state index in [1.165, 1.54) is 32.4 Å². The van der Waals surface area contributed by atoms with Crippen molar-refractivity contribution >= 4 is 6.01 Å². The van der Waals surface area contributed by atoms with Gasteiger partial charge in [-0.3, -0.25) is 4.90 Å². The Labute approximate surface area is 102 Å². The molecule has 3 heterocycles. The molecule has 2 saturated heterocycles. The standard InChI is InChI=1S/C12H20N4O/c13-7-10-9-17-12(14-10)16-6-2-5-15-4-1-3-11(15)8-16/h9,11H,1-8,13H2. The Morgan fingerprint density at radius 2 is 2.24 bits per heavy atom. The summed E-state index contributed by atoms with van der Waals surface area (Å²) in [4.78, 5) is 9.30. The zero-order valence-corrected chi connectivity index (χ0v) is 10.1. The third-order valence-corrected chi connectivity index (χ3v) is 3.82. The molecule has 3 rings (SSSR count). The van der Waals surface area contributed by atoms with Gasteiger partial charge in [0.1, 0.15) is 6.26 Å². The van der Waals surface area contributed by atoms with E-state index in [-0.39, 0.29) is 0 Å². The van der Waals surface area contributed by atoms with E-state index in [1.54, 1.807) is 6.26 Å². The average molecular weight is 236 g/mol. The van der Waals surface area contributed by atoms with Crippen molar-refractivity contribution in [3.05, 3.63) is 12.0 Å². The van der Waals surface area contributed by atoms with Crippen molar-refractivity contribution in [1.82, 2.24) is 9.88 Å². The van der Waals surface area contributed by atoms with Gasteiger partial charge in [0, 0.05) is 32.2 Å². The van der Waals surface area contributed by atoms with Gasteiger partial charge in [0.2, 0.25) is 0 Å². The maximum Gasteiger partial charge on any atom is 0.297 e. The Hall–Kier alpha value is -1.07. The zero-order chi connectivity index (χ0) is 11.7. The fourth-order valence-electron chi connectivity index (χ4n) is 2.92. The van der Waals surface area contributed by atoms with Crippen LogP contribution in [0.3, 0.4) is 0 Å². The average Bonchev–Trinajstić information content (AvgIpc) is 2.94. The third kappa shape index (κ3) is 2.17. The van der Waals surface area contributed by atoms with E-state index in [1.807, 2.05) is 0 Å². The van der Waals surface area contributed by atoms with Crippen LogP contribution in [-0.4, -0.2) is 42.1 Å². The fraction of sp³-hybridized carbons (Fsp3) is 0.750. The Kier molecular flexibility index (Phi) is 3.03. The van der Waals surface area contributed by atoms with Crippen LogP contribution in [0, 0.1) is 0 Å². The van der Waals surface area contributed by atoms with Gasteiger partial charge < -0.3 is 15.1 Å². The van der Waals surface area contributed by atoms with E-state index in [0.717, 1.165) is 24.8 Å². The zero-order valence-electron chi connectivity index (χ0n) is 10.1. The van der Waals surface area contributed by atoms with E-state index in [2.05, 4.69) is 14.8 Å². The molecule has 0 amide bonds. The van der Waals surface area contributed by atoms with Crippen LogP contribution < -0.4 is 10.6 Å². The van der Waals surface area contributed by atoms with Crippen molar-refractivity contribution in [2.75, 3.05) is 31.1 Å². The maximum absolute atomic E-state index is 5.56. The number of anilines is 1. The Morgan fingerprint density at radius 1 is 1.35 bits per heavy atom. The molecule has 0 bridgehead atoms. The summed E-state index contributed by atoms with van der Waals surface area (Å²) in [7, 11) is 0. The number of fused-ring (bicyclic) bond motifs is 1. The summed E-state index contributed by atoms with van der Waals surface area (Å²) in [6.45, 7) is 5.01. The highest BCUT2D eigenvalue weighted by Crippen LogP contribution is 2.24. The summed E-state index contributed by atoms with van der Waals surface area (Å²) < 4.78 is 5.52. The van der Waals surface area contributed by atoms with Gasteiger partial charge in [-0.25, -0.2) is 0 Å². The van der Waals surface area contributed by atoms with Gasteiger partial charge in [0.05, 0.1) is 5.69 Å². The summed E-state index contributed by atoms with van der Waals surface area (Å²) in [6, 6.07) is 1.44. The van der Waals surface area contributed by atoms with Crippen LogP contribution >= 0.6 is 0 Å². The molecule has 5 nitrogen and oxygen atoms in total. The van der Waals surface area contributed by atoms with E-state index in [4.69, 9.17) is 10.2 Å². The van der Waals surface area contributed by atoms with Crippen LogP contribution in [0.5, 0.6) is 0 Å². The second kappa shape index (κ2) is 4.66. The van der Waals surface area contributed by atoms with Crippen molar-refractivity contribution in [3.63, 3.8) is 0 Å². The molecule has 2 fully saturated rings. The van der Waals surface area contributed by atoms with Crippen molar-refractivity contribution in [2.24, 2.45) is 5.73 Å². The molecule has 0 saturated carbocycles. The van der Waals surface area contributed by atoms with Crippen molar-refractivity contribution in [2.45, 2.75) is 31.8 Å². The maximum atomic E-state index is 5.56. The molecule has 1 unspecified atom stereocenters. The number of oxazole rings is 1. The van der Waals surface area contributed by atoms with Crippen molar-refractivity contribution in [3.8, 4) is 0 Å². The first-order valence-electron chi connectivity index (χ1n) is 6.50. The fourth-order valence-corrected chi connectivity index (χ4v) is 2.92. The lowest BCUT2D eigenvalue weighted by Gasteiger charge is -2.24. The minimum Gasteiger partial charge on any atom is -0.432 e. The normalized spacial score (nSPS) is 25.9. The molecule has 94 valence electrons. The van der Waals surface area contributed by atoms with Crippen LogP contribution in [0.4, 0.5) is 6.01 Å². The lowest BCUT2D eigenvalue weighted by Crippen LogP contribution is -2.36. The second-order valence-electron chi connectivity index (χ2n) is 4.96. The Morgan fingerprint density at radius 3 is 3.06 bits per heavy atom. The van der Waals surface area contributed by atoms with Crippen LogP contribution in [-0.2, 0) is 6.54 Å². The molecule has 1 aromatic heterocycles. The highest BCUT2D eigenvalue weighted by molar-refractivity contribution is 5.28. The summed E-state index contributed by atoms with van der Waals surface area (Å²) in [6.07, 6.45) is 5.50. The first-order valence-corrected chi connectivity index (χ1v) is 6.50. The predicted molar refractivity (Wildman–Crippen MR) is 65.8 cm³/mol. The molecule has 0 aromatic carbocycles. The summed E-state index contributed by atoms with van der Waals surface area (Å²) in [5.41, 5.74) is 6.40. The molecular weight excluding hydrogens is 216 g/mol. The molecule has 0 radical (unpaired) electrons. The number of aromatic nitrogens is 1. The minimum atomic E-state index is 0.451. The van der Waals surface area contributed by atoms with Crippen LogP contribution in [0.2, 0.25) is 0 Å². The molecule has 0 aliphatic carbocycles. The van der Waals surface area contributed by atoms with E-state index in [9.17, 15) is 0 Å². The molecule has 0 spiro atoms. The Bertz CT molecular complexity index is 378. The first-order chi connectivity index (χ1) is 8.36. The number of nitrogens with zero attached hydrogens (tertiary/aromatic N) is 3. The lowest BCUT2D eigenvalue weighted by atomic mass is 10.2. The van der Waals surface area contributed by atoms with Gasteiger partial charge in [0.15, 0.2) is 0 Å². The molecule has 5 heteroatoms. The quantitative estimate of drug-likeness (QED) is 0.823. The number of hydrogen-bond donors (Lipinski definition) is 1. The number of hydrogen-bond acceptors (Lipinski definition) is 5. The molecule has 1 atom stereocenters. The predicted octanol–water partition coefficient (Wildman–Crippen LogP) is 0.808. The Balaban J connectivity index is 1.74. The van der Waals surface area contributed by atoms with Gasteiger partial charge in [-0.2, -0.15) is 4.98 Å². The van der Waals surface area contributed by atoms with Crippen molar-refractivity contribution < 1.29 is 4.42 Å². The molecule has 2 aliphatic rings. The van der Waals surface area contributed by atoms with Crippen LogP contribution in [0.25, 0.3) is 0 Å². The van der Waals surface area contributed by atoms with Crippen molar-refractivity contribution in [1.29, 1.82) is 0 Å². The molecule has 1 aromatic rings. The highest BCUT2D eigenvalue weighted by Gasteiger charge is 2.30. The van der Waals surface area contributed by atoms with Gasteiger partial charge >= 0.3 is 0 Å². The SMILES string of the molecule is NCc1coc(N2CCCN3CCCC3C2)n1. The molecule has 2 aliphatic heterocycles. The molecular formula is C12H20N4O. The monoisotopic (exact) mass is 236 g/mol. The summed E-state index contributed by atoms with van der Waals surface area (Å²) in [5.74, 6) is 0. The van der Waals surface area contributed by atoms with Crippen LogP contribution in [0.15, 0.2) is 10.7 Å². The number of rotatable bonds is 2. The highest BCUT2D eigenvalue weighted by atomic mass is 16.4.